The fourth-order valence-electron chi connectivity index (χ4n) is 1.87. The number of hydrogen-bond acceptors (Lipinski definition) is 6. The van der Waals surface area contributed by atoms with Gasteiger partial charge in [-0.2, -0.15) is 0 Å². The van der Waals surface area contributed by atoms with Crippen LogP contribution in [-0.2, 0) is 29.1 Å². The number of unbranched alkanes of at least 4 members (excludes halogenated alkanes) is 1. The number of hydrogen-bond donors (Lipinski definition) is 2. The van der Waals surface area contributed by atoms with Crippen LogP contribution < -0.4 is 10.0 Å². The fourth-order valence-corrected chi connectivity index (χ4v) is 3.26. The van der Waals surface area contributed by atoms with Crippen LogP contribution in [-0.4, -0.2) is 55.9 Å². The molecule has 0 aromatic heterocycles. The molecule has 8 nitrogen and oxygen atoms in total. The molecule has 0 saturated heterocycles. The molecule has 2 N–H and O–H groups in total. The van der Waals surface area contributed by atoms with Crippen molar-refractivity contribution in [2.75, 3.05) is 12.4 Å². The molecule has 0 aliphatic heterocycles. The van der Waals surface area contributed by atoms with Crippen molar-refractivity contribution in [3.8, 4) is 0 Å². The summed E-state index contributed by atoms with van der Waals surface area (Å²) in [7, 11) is -3.65. The molecule has 0 rings (SSSR count). The van der Waals surface area contributed by atoms with Gasteiger partial charge >= 0.3 is 5.97 Å². The van der Waals surface area contributed by atoms with Crippen LogP contribution in [0.3, 0.4) is 0 Å². The molecule has 1 amide bonds. The summed E-state index contributed by atoms with van der Waals surface area (Å²) in [6.07, 6.45) is 1.20. The molecule has 0 fully saturated rings. The van der Waals surface area contributed by atoms with Crippen molar-refractivity contribution in [2.45, 2.75) is 91.5 Å². The predicted molar refractivity (Wildman–Crippen MR) is 105 cm³/mol. The van der Waals surface area contributed by atoms with Crippen LogP contribution in [0.1, 0.15) is 68.2 Å². The van der Waals surface area contributed by atoms with Gasteiger partial charge in [0.25, 0.3) is 0 Å². The van der Waals surface area contributed by atoms with Gasteiger partial charge in [0.1, 0.15) is 17.7 Å². The summed E-state index contributed by atoms with van der Waals surface area (Å²) >= 11 is 0. The highest BCUT2D eigenvalue weighted by atomic mass is 32.2. The van der Waals surface area contributed by atoms with Gasteiger partial charge in [-0.25, -0.2) is 17.9 Å². The Hall–Kier alpha value is -1.19. The van der Waals surface area contributed by atoms with E-state index in [0.717, 1.165) is 0 Å². The third-order valence-corrected chi connectivity index (χ3v) is 4.68. The molecule has 0 bridgehead atoms. The monoisotopic (exact) mass is 408 g/mol. The molecule has 0 aromatic rings. The van der Waals surface area contributed by atoms with Gasteiger partial charge in [0.05, 0.1) is 18.0 Å². The van der Waals surface area contributed by atoms with E-state index in [9.17, 15) is 18.0 Å². The summed E-state index contributed by atoms with van der Waals surface area (Å²) in [5, 5.41) is 2.50. The van der Waals surface area contributed by atoms with Crippen molar-refractivity contribution >= 4 is 21.9 Å². The molecule has 0 radical (unpaired) electrons. The highest BCUT2D eigenvalue weighted by Gasteiger charge is 2.30. The second-order valence-electron chi connectivity index (χ2n) is 8.53. The first-order valence-corrected chi connectivity index (χ1v) is 10.9. The smallest absolute Gasteiger partial charge is 0.328 e. The minimum atomic E-state index is -3.65. The Balaban J connectivity index is 5.13. The Morgan fingerprint density at radius 2 is 1.59 bits per heavy atom. The minimum absolute atomic E-state index is 0.0790. The van der Waals surface area contributed by atoms with Crippen LogP contribution in [0.5, 0.6) is 0 Å². The lowest BCUT2D eigenvalue weighted by molar-refractivity contribution is -0.158. The SMILES string of the molecule is CCCCS(=O)(=O)NC(COC(C)(C)C)C(=O)NC(C)C(=O)OC(C)(C)C. The van der Waals surface area contributed by atoms with E-state index in [0.29, 0.717) is 12.8 Å². The summed E-state index contributed by atoms with van der Waals surface area (Å²) in [4.78, 5) is 24.6. The Morgan fingerprint density at radius 1 is 1.04 bits per heavy atom. The van der Waals surface area contributed by atoms with Crippen LogP contribution in [0.25, 0.3) is 0 Å². The van der Waals surface area contributed by atoms with Crippen molar-refractivity contribution in [1.29, 1.82) is 0 Å². The molecule has 160 valence electrons. The van der Waals surface area contributed by atoms with Crippen LogP contribution in [0.15, 0.2) is 0 Å². The van der Waals surface area contributed by atoms with E-state index in [1.165, 1.54) is 6.92 Å². The maximum Gasteiger partial charge on any atom is 0.328 e. The third-order valence-electron chi connectivity index (χ3n) is 3.21. The number of sulfonamides is 1. The molecule has 9 heteroatoms. The van der Waals surface area contributed by atoms with Crippen molar-refractivity contribution in [2.24, 2.45) is 0 Å². The zero-order chi connectivity index (χ0) is 21.5. The molecule has 27 heavy (non-hydrogen) atoms. The van der Waals surface area contributed by atoms with E-state index in [-0.39, 0.29) is 12.4 Å². The fraction of sp³-hybridized carbons (Fsp3) is 0.889. The van der Waals surface area contributed by atoms with Crippen molar-refractivity contribution < 1.29 is 27.5 Å². The number of amides is 1. The van der Waals surface area contributed by atoms with Crippen molar-refractivity contribution in [3.63, 3.8) is 0 Å². The molecule has 2 unspecified atom stereocenters. The highest BCUT2D eigenvalue weighted by Crippen LogP contribution is 2.10. The second kappa shape index (κ2) is 10.4. The molecule has 0 aliphatic carbocycles. The molecule has 0 saturated carbocycles. The summed E-state index contributed by atoms with van der Waals surface area (Å²) < 4.78 is 37.6. The molecule has 0 heterocycles. The standard InChI is InChI=1S/C18H36N2O6S/c1-9-10-11-27(23,24)20-14(12-25-17(3,4)5)15(21)19-13(2)16(22)26-18(6,7)8/h13-14,20H,9-12H2,1-8H3,(H,19,21). The molecule has 0 aromatic carbocycles. The van der Waals surface area contributed by atoms with Gasteiger partial charge in [0.15, 0.2) is 0 Å². The first-order chi connectivity index (χ1) is 12.1. The molecule has 0 spiro atoms. The largest absolute Gasteiger partial charge is 0.458 e. The van der Waals surface area contributed by atoms with E-state index >= 15 is 0 Å². The Labute approximate surface area is 163 Å². The van der Waals surface area contributed by atoms with Crippen molar-refractivity contribution in [1.82, 2.24) is 10.0 Å². The molecule has 2 atom stereocenters. The average Bonchev–Trinajstić information content (AvgIpc) is 2.46. The summed E-state index contributed by atoms with van der Waals surface area (Å²) in [5.74, 6) is -1.32. The van der Waals surface area contributed by atoms with Gasteiger partial charge in [-0.3, -0.25) is 4.79 Å². The van der Waals surface area contributed by atoms with E-state index in [4.69, 9.17) is 9.47 Å². The van der Waals surface area contributed by atoms with E-state index < -0.39 is 45.2 Å². The Morgan fingerprint density at radius 3 is 2.04 bits per heavy atom. The van der Waals surface area contributed by atoms with Gasteiger partial charge in [-0.15, -0.1) is 0 Å². The third kappa shape index (κ3) is 12.8. The van der Waals surface area contributed by atoms with E-state index in [1.54, 1.807) is 41.5 Å². The van der Waals surface area contributed by atoms with Gasteiger partial charge < -0.3 is 14.8 Å². The van der Waals surface area contributed by atoms with Gasteiger partial charge in [-0.1, -0.05) is 13.3 Å². The number of carbonyl (C=O) groups excluding carboxylic acids is 2. The molecule has 0 aliphatic rings. The van der Waals surface area contributed by atoms with E-state index in [1.807, 2.05) is 6.92 Å². The summed E-state index contributed by atoms with van der Waals surface area (Å²) in [5.41, 5.74) is -1.24. The lowest BCUT2D eigenvalue weighted by atomic mass is 10.2. The highest BCUT2D eigenvalue weighted by molar-refractivity contribution is 7.89. The van der Waals surface area contributed by atoms with Crippen molar-refractivity contribution in [3.05, 3.63) is 0 Å². The van der Waals surface area contributed by atoms with Gasteiger partial charge in [0, 0.05) is 0 Å². The second-order valence-corrected chi connectivity index (χ2v) is 10.4. The average molecular weight is 409 g/mol. The van der Waals surface area contributed by atoms with Crippen LogP contribution in [0, 0.1) is 0 Å². The Bertz CT molecular complexity index is 590. The lowest BCUT2D eigenvalue weighted by Gasteiger charge is -2.26. The minimum Gasteiger partial charge on any atom is -0.458 e. The van der Waals surface area contributed by atoms with Gasteiger partial charge in [0.2, 0.25) is 15.9 Å². The molecular weight excluding hydrogens is 372 g/mol. The number of nitrogens with one attached hydrogen (secondary N) is 2. The zero-order valence-electron chi connectivity index (χ0n) is 17.8. The topological polar surface area (TPSA) is 111 Å². The van der Waals surface area contributed by atoms with Crippen LogP contribution in [0.2, 0.25) is 0 Å². The number of esters is 1. The lowest BCUT2D eigenvalue weighted by Crippen LogP contribution is -2.54. The quantitative estimate of drug-likeness (QED) is 0.533. The summed E-state index contributed by atoms with van der Waals surface area (Å²) in [6.45, 7) is 13.8. The number of carbonyl (C=O) groups is 2. The van der Waals surface area contributed by atoms with Gasteiger partial charge in [-0.05, 0) is 54.9 Å². The Kier molecular flexibility index (Phi) is 9.92. The van der Waals surface area contributed by atoms with Crippen LogP contribution in [0.4, 0.5) is 0 Å². The van der Waals surface area contributed by atoms with Crippen LogP contribution >= 0.6 is 0 Å². The summed E-state index contributed by atoms with van der Waals surface area (Å²) in [6, 6.07) is -2.06. The normalized spacial score (nSPS) is 15.1. The number of rotatable bonds is 10. The first kappa shape index (κ1) is 25.8. The van der Waals surface area contributed by atoms with E-state index in [2.05, 4.69) is 10.0 Å². The maximum atomic E-state index is 12.6. The first-order valence-electron chi connectivity index (χ1n) is 9.23. The molecular formula is C18H36N2O6S. The predicted octanol–water partition coefficient (Wildman–Crippen LogP) is 1.74. The number of ether oxygens (including phenoxy) is 2. The maximum absolute atomic E-state index is 12.6. The zero-order valence-corrected chi connectivity index (χ0v) is 18.7.